The van der Waals surface area contributed by atoms with Gasteiger partial charge in [0, 0.05) is 23.9 Å². The second-order valence-electron chi connectivity index (χ2n) is 3.96. The lowest BCUT2D eigenvalue weighted by molar-refractivity contribution is 0.357. The Hall–Kier alpha value is -0.830. The Bertz CT molecular complexity index is 304. The number of hydrogen-bond acceptors (Lipinski definition) is 3. The smallest absolute Gasteiger partial charge is 0.140 e. The molecule has 1 aliphatic carbocycles. The number of nitrogens with two attached hydrogens (primary N) is 1. The SMILES string of the molecule is Cc1noc2c1C(C(C)N)CCC2. The summed E-state index contributed by atoms with van der Waals surface area (Å²) in [4.78, 5) is 0. The summed E-state index contributed by atoms with van der Waals surface area (Å²) in [5, 5.41) is 4.00. The van der Waals surface area contributed by atoms with Gasteiger partial charge in [-0.1, -0.05) is 5.16 Å². The summed E-state index contributed by atoms with van der Waals surface area (Å²) < 4.78 is 5.26. The zero-order valence-corrected chi connectivity index (χ0v) is 8.21. The van der Waals surface area contributed by atoms with Crippen LogP contribution >= 0.6 is 0 Å². The number of rotatable bonds is 1. The Balaban J connectivity index is 2.40. The van der Waals surface area contributed by atoms with Gasteiger partial charge in [-0.3, -0.25) is 0 Å². The molecule has 0 spiro atoms. The summed E-state index contributed by atoms with van der Waals surface area (Å²) in [5.74, 6) is 1.51. The van der Waals surface area contributed by atoms with Gasteiger partial charge in [-0.05, 0) is 26.7 Å². The summed E-state index contributed by atoms with van der Waals surface area (Å²) in [5.41, 5.74) is 8.24. The molecule has 0 aliphatic heterocycles. The fourth-order valence-corrected chi connectivity index (χ4v) is 2.23. The molecule has 0 radical (unpaired) electrons. The van der Waals surface area contributed by atoms with Crippen molar-refractivity contribution in [3.8, 4) is 0 Å². The number of aryl methyl sites for hydroxylation is 2. The first-order chi connectivity index (χ1) is 6.20. The first-order valence-corrected chi connectivity index (χ1v) is 4.90. The summed E-state index contributed by atoms with van der Waals surface area (Å²) in [7, 11) is 0. The monoisotopic (exact) mass is 180 g/mol. The average molecular weight is 180 g/mol. The predicted molar refractivity (Wildman–Crippen MR) is 50.6 cm³/mol. The fourth-order valence-electron chi connectivity index (χ4n) is 2.23. The molecule has 0 bridgehead atoms. The van der Waals surface area contributed by atoms with Gasteiger partial charge in [-0.15, -0.1) is 0 Å². The predicted octanol–water partition coefficient (Wildman–Crippen LogP) is 1.75. The van der Waals surface area contributed by atoms with Crippen molar-refractivity contribution in [2.45, 2.75) is 45.1 Å². The molecule has 1 aliphatic rings. The van der Waals surface area contributed by atoms with Crippen LogP contribution in [0.4, 0.5) is 0 Å². The van der Waals surface area contributed by atoms with Crippen molar-refractivity contribution in [1.29, 1.82) is 0 Å². The number of fused-ring (bicyclic) bond motifs is 1. The maximum atomic E-state index is 5.94. The fraction of sp³-hybridized carbons (Fsp3) is 0.700. The summed E-state index contributed by atoms with van der Waals surface area (Å²) in [6.07, 6.45) is 3.37. The topological polar surface area (TPSA) is 52.0 Å². The van der Waals surface area contributed by atoms with Crippen LogP contribution < -0.4 is 5.73 Å². The van der Waals surface area contributed by atoms with E-state index >= 15 is 0 Å². The standard InChI is InChI=1S/C10H16N2O/c1-6(11)8-4-3-5-9-10(8)7(2)12-13-9/h6,8H,3-5,11H2,1-2H3. The van der Waals surface area contributed by atoms with Crippen LogP contribution in [0.2, 0.25) is 0 Å². The highest BCUT2D eigenvalue weighted by Crippen LogP contribution is 2.35. The highest BCUT2D eigenvalue weighted by atomic mass is 16.5. The molecule has 0 amide bonds. The van der Waals surface area contributed by atoms with E-state index in [4.69, 9.17) is 10.3 Å². The first-order valence-electron chi connectivity index (χ1n) is 4.90. The third-order valence-corrected chi connectivity index (χ3v) is 2.91. The Morgan fingerprint density at radius 3 is 3.08 bits per heavy atom. The van der Waals surface area contributed by atoms with E-state index in [1.807, 2.05) is 6.92 Å². The maximum absolute atomic E-state index is 5.94. The number of nitrogens with zero attached hydrogens (tertiary/aromatic N) is 1. The van der Waals surface area contributed by atoms with E-state index in [0.29, 0.717) is 5.92 Å². The molecule has 1 aromatic heterocycles. The molecule has 1 heterocycles. The second-order valence-corrected chi connectivity index (χ2v) is 3.96. The van der Waals surface area contributed by atoms with Crippen molar-refractivity contribution in [3.05, 3.63) is 17.0 Å². The zero-order chi connectivity index (χ0) is 9.42. The van der Waals surface area contributed by atoms with Crippen LogP contribution in [-0.2, 0) is 6.42 Å². The van der Waals surface area contributed by atoms with Crippen LogP contribution in [0, 0.1) is 6.92 Å². The first kappa shape index (κ1) is 8.75. The summed E-state index contributed by atoms with van der Waals surface area (Å²) in [6, 6.07) is 0.206. The van der Waals surface area contributed by atoms with E-state index < -0.39 is 0 Å². The molecule has 2 unspecified atom stereocenters. The van der Waals surface area contributed by atoms with Gasteiger partial charge >= 0.3 is 0 Å². The average Bonchev–Trinajstić information content (AvgIpc) is 2.48. The lowest BCUT2D eigenvalue weighted by Gasteiger charge is -2.24. The molecule has 13 heavy (non-hydrogen) atoms. The van der Waals surface area contributed by atoms with Gasteiger partial charge in [0.1, 0.15) is 5.76 Å². The minimum atomic E-state index is 0.206. The second kappa shape index (κ2) is 3.14. The molecule has 3 heteroatoms. The van der Waals surface area contributed by atoms with Gasteiger partial charge in [0.2, 0.25) is 0 Å². The van der Waals surface area contributed by atoms with Crippen molar-refractivity contribution < 1.29 is 4.52 Å². The number of hydrogen-bond donors (Lipinski definition) is 1. The van der Waals surface area contributed by atoms with E-state index in [0.717, 1.165) is 17.9 Å². The quantitative estimate of drug-likeness (QED) is 0.716. The zero-order valence-electron chi connectivity index (χ0n) is 8.21. The molecule has 72 valence electrons. The molecule has 0 aromatic carbocycles. The van der Waals surface area contributed by atoms with E-state index in [2.05, 4.69) is 12.1 Å². The van der Waals surface area contributed by atoms with Crippen LogP contribution in [0.25, 0.3) is 0 Å². The molecule has 0 fully saturated rings. The molecular formula is C10H16N2O. The summed E-state index contributed by atoms with van der Waals surface area (Å²) >= 11 is 0. The normalized spacial score (nSPS) is 24.1. The Morgan fingerprint density at radius 1 is 1.62 bits per heavy atom. The van der Waals surface area contributed by atoms with Crippen molar-refractivity contribution in [2.75, 3.05) is 0 Å². The molecule has 1 aromatic rings. The van der Waals surface area contributed by atoms with Gasteiger partial charge in [0.15, 0.2) is 0 Å². The molecule has 2 N–H and O–H groups in total. The van der Waals surface area contributed by atoms with E-state index in [1.54, 1.807) is 0 Å². The van der Waals surface area contributed by atoms with Gasteiger partial charge < -0.3 is 10.3 Å². The largest absolute Gasteiger partial charge is 0.361 e. The number of aromatic nitrogens is 1. The van der Waals surface area contributed by atoms with Gasteiger partial charge in [0.25, 0.3) is 0 Å². The molecule has 2 atom stereocenters. The molecule has 0 saturated carbocycles. The van der Waals surface area contributed by atoms with Crippen LogP contribution in [-0.4, -0.2) is 11.2 Å². The van der Waals surface area contributed by atoms with Crippen LogP contribution in [0.15, 0.2) is 4.52 Å². The Kier molecular flexibility index (Phi) is 2.12. The van der Waals surface area contributed by atoms with Crippen molar-refractivity contribution in [2.24, 2.45) is 5.73 Å². The summed E-state index contributed by atoms with van der Waals surface area (Å²) in [6.45, 7) is 4.06. The van der Waals surface area contributed by atoms with Crippen molar-refractivity contribution in [3.63, 3.8) is 0 Å². The highest BCUT2D eigenvalue weighted by molar-refractivity contribution is 5.29. The highest BCUT2D eigenvalue weighted by Gasteiger charge is 2.28. The van der Waals surface area contributed by atoms with Crippen LogP contribution in [0.3, 0.4) is 0 Å². The molecule has 2 rings (SSSR count). The molecule has 0 saturated heterocycles. The van der Waals surface area contributed by atoms with Gasteiger partial charge in [-0.2, -0.15) is 0 Å². The van der Waals surface area contributed by atoms with Gasteiger partial charge in [0.05, 0.1) is 5.69 Å². The molecule has 3 nitrogen and oxygen atoms in total. The lowest BCUT2D eigenvalue weighted by atomic mass is 9.82. The Morgan fingerprint density at radius 2 is 2.38 bits per heavy atom. The van der Waals surface area contributed by atoms with E-state index in [1.165, 1.54) is 18.4 Å². The van der Waals surface area contributed by atoms with Crippen LogP contribution in [0.5, 0.6) is 0 Å². The van der Waals surface area contributed by atoms with Crippen LogP contribution in [0.1, 0.15) is 42.7 Å². The lowest BCUT2D eigenvalue weighted by Crippen LogP contribution is -2.27. The minimum absolute atomic E-state index is 0.206. The van der Waals surface area contributed by atoms with E-state index in [-0.39, 0.29) is 6.04 Å². The maximum Gasteiger partial charge on any atom is 0.140 e. The van der Waals surface area contributed by atoms with Crippen molar-refractivity contribution >= 4 is 0 Å². The van der Waals surface area contributed by atoms with E-state index in [9.17, 15) is 0 Å². The third kappa shape index (κ3) is 1.37. The minimum Gasteiger partial charge on any atom is -0.361 e. The molecular weight excluding hydrogens is 164 g/mol. The van der Waals surface area contributed by atoms with Crippen molar-refractivity contribution in [1.82, 2.24) is 5.16 Å². The third-order valence-electron chi connectivity index (χ3n) is 2.91. The Labute approximate surface area is 78.3 Å². The van der Waals surface area contributed by atoms with Gasteiger partial charge in [-0.25, -0.2) is 0 Å².